The molecule has 1 atom stereocenters. The molecular weight excluding hydrogens is 232 g/mol. The first-order valence-electron chi connectivity index (χ1n) is 4.89. The lowest BCUT2D eigenvalue weighted by Gasteiger charge is -2.10. The van der Waals surface area contributed by atoms with Crippen LogP contribution in [-0.2, 0) is 9.59 Å². The van der Waals surface area contributed by atoms with E-state index in [9.17, 15) is 14.4 Å². The van der Waals surface area contributed by atoms with Crippen LogP contribution in [0, 0.1) is 0 Å². The number of rotatable bonds is 6. The van der Waals surface area contributed by atoms with Crippen LogP contribution in [0.1, 0.15) is 12.8 Å². The van der Waals surface area contributed by atoms with E-state index in [1.54, 1.807) is 11.8 Å². The van der Waals surface area contributed by atoms with Crippen LogP contribution in [0.4, 0.5) is 4.79 Å². The molecular formula is C9H14N2O4S. The van der Waals surface area contributed by atoms with Crippen molar-refractivity contribution < 1.29 is 19.5 Å². The van der Waals surface area contributed by atoms with Crippen LogP contribution in [0.3, 0.4) is 0 Å². The summed E-state index contributed by atoms with van der Waals surface area (Å²) < 4.78 is 0. The number of hydrogen-bond acceptors (Lipinski definition) is 4. The van der Waals surface area contributed by atoms with Crippen LogP contribution < -0.4 is 5.32 Å². The van der Waals surface area contributed by atoms with Crippen molar-refractivity contribution in [2.75, 3.05) is 18.6 Å². The fourth-order valence-corrected chi connectivity index (χ4v) is 1.90. The van der Waals surface area contributed by atoms with Gasteiger partial charge in [-0.05, 0) is 18.4 Å². The van der Waals surface area contributed by atoms with Crippen LogP contribution in [0.25, 0.3) is 0 Å². The molecule has 16 heavy (non-hydrogen) atoms. The van der Waals surface area contributed by atoms with Gasteiger partial charge in [-0.15, -0.1) is 0 Å². The highest BCUT2D eigenvalue weighted by atomic mass is 32.2. The molecule has 0 radical (unpaired) electrons. The average molecular weight is 246 g/mol. The zero-order valence-electron chi connectivity index (χ0n) is 8.93. The molecule has 0 aromatic carbocycles. The number of carboxylic acids is 1. The number of hydrogen-bond donors (Lipinski definition) is 2. The molecule has 1 unspecified atom stereocenters. The van der Waals surface area contributed by atoms with Gasteiger partial charge in [-0.1, -0.05) is 0 Å². The standard InChI is InChI=1S/C9H14N2O4S/c1-16-5-3-6-8(14)11(9(15)10-6)4-2-7(12)13/h6H,2-5H2,1H3,(H,10,15)(H,12,13). The number of imide groups is 1. The fourth-order valence-electron chi connectivity index (χ4n) is 1.43. The maximum atomic E-state index is 11.7. The molecule has 0 aliphatic carbocycles. The van der Waals surface area contributed by atoms with Crippen LogP contribution in [0.15, 0.2) is 0 Å². The van der Waals surface area contributed by atoms with E-state index < -0.39 is 18.0 Å². The largest absolute Gasteiger partial charge is 0.481 e. The average Bonchev–Trinajstić information content (AvgIpc) is 2.48. The van der Waals surface area contributed by atoms with E-state index in [4.69, 9.17) is 5.11 Å². The van der Waals surface area contributed by atoms with Crippen LogP contribution in [0.5, 0.6) is 0 Å². The zero-order valence-corrected chi connectivity index (χ0v) is 9.75. The van der Waals surface area contributed by atoms with Gasteiger partial charge in [0.1, 0.15) is 6.04 Å². The molecule has 6 nitrogen and oxygen atoms in total. The SMILES string of the molecule is CSCCC1NC(=O)N(CCC(=O)O)C1=O. The number of carbonyl (C=O) groups is 3. The first-order valence-corrected chi connectivity index (χ1v) is 6.28. The van der Waals surface area contributed by atoms with E-state index in [1.807, 2.05) is 6.26 Å². The Morgan fingerprint density at radius 1 is 1.56 bits per heavy atom. The van der Waals surface area contributed by atoms with Gasteiger partial charge >= 0.3 is 12.0 Å². The molecule has 1 aliphatic heterocycles. The molecule has 1 heterocycles. The molecule has 1 rings (SSSR count). The predicted octanol–water partition coefficient (Wildman–Crippen LogP) is 0.135. The number of urea groups is 1. The van der Waals surface area contributed by atoms with Gasteiger partial charge in [0, 0.05) is 6.54 Å². The Balaban J connectivity index is 2.50. The first-order chi connectivity index (χ1) is 7.56. The summed E-state index contributed by atoms with van der Waals surface area (Å²) in [6.45, 7) is -0.0598. The van der Waals surface area contributed by atoms with E-state index >= 15 is 0 Å². The summed E-state index contributed by atoms with van der Waals surface area (Å²) >= 11 is 1.60. The highest BCUT2D eigenvalue weighted by molar-refractivity contribution is 7.98. The second kappa shape index (κ2) is 5.74. The second-order valence-electron chi connectivity index (χ2n) is 3.42. The maximum absolute atomic E-state index is 11.7. The fraction of sp³-hybridized carbons (Fsp3) is 0.667. The second-order valence-corrected chi connectivity index (χ2v) is 4.40. The van der Waals surface area contributed by atoms with Gasteiger partial charge in [0.15, 0.2) is 0 Å². The summed E-state index contributed by atoms with van der Waals surface area (Å²) in [6.07, 6.45) is 2.28. The lowest BCUT2D eigenvalue weighted by atomic mass is 10.2. The van der Waals surface area contributed by atoms with Gasteiger partial charge in [0.25, 0.3) is 5.91 Å². The third-order valence-corrected chi connectivity index (χ3v) is 2.91. The number of carbonyl (C=O) groups excluding carboxylic acids is 2. The van der Waals surface area contributed by atoms with E-state index in [0.29, 0.717) is 6.42 Å². The van der Waals surface area contributed by atoms with Crippen molar-refractivity contribution in [3.05, 3.63) is 0 Å². The van der Waals surface area contributed by atoms with Crippen molar-refractivity contribution in [3.8, 4) is 0 Å². The van der Waals surface area contributed by atoms with E-state index in [1.165, 1.54) is 0 Å². The van der Waals surface area contributed by atoms with Crippen molar-refractivity contribution in [1.82, 2.24) is 10.2 Å². The molecule has 0 bridgehead atoms. The molecule has 0 aromatic heterocycles. The number of thioether (sulfide) groups is 1. The third kappa shape index (κ3) is 3.13. The van der Waals surface area contributed by atoms with E-state index in [0.717, 1.165) is 10.7 Å². The maximum Gasteiger partial charge on any atom is 0.324 e. The Hall–Kier alpha value is -1.24. The number of amides is 3. The summed E-state index contributed by atoms with van der Waals surface area (Å²) in [5, 5.41) is 11.0. The Morgan fingerprint density at radius 2 is 2.25 bits per heavy atom. The molecule has 7 heteroatoms. The molecule has 0 spiro atoms. The minimum absolute atomic E-state index is 0.0598. The van der Waals surface area contributed by atoms with Crippen LogP contribution in [0.2, 0.25) is 0 Å². The number of aliphatic carboxylic acids is 1. The molecule has 1 aliphatic rings. The van der Waals surface area contributed by atoms with Gasteiger partial charge < -0.3 is 10.4 Å². The molecule has 0 aromatic rings. The summed E-state index contributed by atoms with van der Waals surface area (Å²) in [5.74, 6) is -0.558. The molecule has 1 saturated heterocycles. The number of nitrogens with zero attached hydrogens (tertiary/aromatic N) is 1. The Labute approximate surface area is 97.4 Å². The van der Waals surface area contributed by atoms with Crippen LogP contribution >= 0.6 is 11.8 Å². The van der Waals surface area contributed by atoms with Crippen molar-refractivity contribution in [2.24, 2.45) is 0 Å². The summed E-state index contributed by atoms with van der Waals surface area (Å²) in [5.41, 5.74) is 0. The number of carboxylic acid groups (broad SMARTS) is 1. The Morgan fingerprint density at radius 3 is 2.81 bits per heavy atom. The minimum atomic E-state index is -1.02. The van der Waals surface area contributed by atoms with Gasteiger partial charge in [0.2, 0.25) is 0 Å². The molecule has 90 valence electrons. The number of nitrogens with one attached hydrogen (secondary N) is 1. The lowest BCUT2D eigenvalue weighted by Crippen LogP contribution is -2.33. The van der Waals surface area contributed by atoms with Gasteiger partial charge in [0.05, 0.1) is 6.42 Å². The van der Waals surface area contributed by atoms with Gasteiger partial charge in [-0.25, -0.2) is 4.79 Å². The van der Waals surface area contributed by atoms with Gasteiger partial charge in [-0.3, -0.25) is 14.5 Å². The topological polar surface area (TPSA) is 86.7 Å². The highest BCUT2D eigenvalue weighted by Crippen LogP contribution is 2.11. The normalized spacial score (nSPS) is 20.1. The Bertz CT molecular complexity index is 308. The van der Waals surface area contributed by atoms with Crippen molar-refractivity contribution in [2.45, 2.75) is 18.9 Å². The zero-order chi connectivity index (χ0) is 12.1. The van der Waals surface area contributed by atoms with Crippen molar-refractivity contribution >= 4 is 29.7 Å². The van der Waals surface area contributed by atoms with Crippen LogP contribution in [-0.4, -0.2) is 52.5 Å². The quantitative estimate of drug-likeness (QED) is 0.651. The summed E-state index contributed by atoms with van der Waals surface area (Å²) in [4.78, 5) is 34.4. The molecule has 0 saturated carbocycles. The molecule has 2 N–H and O–H groups in total. The lowest BCUT2D eigenvalue weighted by molar-refractivity contribution is -0.137. The highest BCUT2D eigenvalue weighted by Gasteiger charge is 2.37. The van der Waals surface area contributed by atoms with Crippen molar-refractivity contribution in [1.29, 1.82) is 0 Å². The third-order valence-electron chi connectivity index (χ3n) is 2.27. The van der Waals surface area contributed by atoms with Crippen molar-refractivity contribution in [3.63, 3.8) is 0 Å². The predicted molar refractivity (Wildman–Crippen MR) is 59.3 cm³/mol. The molecule has 1 fully saturated rings. The first kappa shape index (κ1) is 12.8. The smallest absolute Gasteiger partial charge is 0.324 e. The summed E-state index contributed by atoms with van der Waals surface area (Å²) in [6, 6.07) is -0.980. The van der Waals surface area contributed by atoms with E-state index in [2.05, 4.69) is 5.32 Å². The van der Waals surface area contributed by atoms with Gasteiger partial charge in [-0.2, -0.15) is 11.8 Å². The molecule has 3 amide bonds. The Kier molecular flexibility index (Phi) is 4.60. The monoisotopic (exact) mass is 246 g/mol. The van der Waals surface area contributed by atoms with E-state index in [-0.39, 0.29) is 18.9 Å². The summed E-state index contributed by atoms with van der Waals surface area (Å²) in [7, 11) is 0. The minimum Gasteiger partial charge on any atom is -0.481 e.